The average molecular weight is 598 g/mol. The lowest BCUT2D eigenvalue weighted by molar-refractivity contribution is -0.135. The van der Waals surface area contributed by atoms with Gasteiger partial charge in [0.1, 0.15) is 23.4 Å². The van der Waals surface area contributed by atoms with Crippen molar-refractivity contribution in [2.24, 2.45) is 0 Å². The number of halogens is 2. The van der Waals surface area contributed by atoms with E-state index >= 15 is 0 Å². The molecule has 10 nitrogen and oxygen atoms in total. The molecule has 0 radical (unpaired) electrons. The van der Waals surface area contributed by atoms with Crippen LogP contribution in [-0.4, -0.2) is 68.2 Å². The number of carbonyl (C=O) groups is 3. The molecule has 0 saturated carbocycles. The van der Waals surface area contributed by atoms with Crippen LogP contribution in [0.2, 0.25) is 5.02 Å². The summed E-state index contributed by atoms with van der Waals surface area (Å²) in [7, 11) is 1.44. The molecule has 0 aromatic heterocycles. The molecule has 2 atom stereocenters. The van der Waals surface area contributed by atoms with E-state index < -0.39 is 29.8 Å². The second-order valence-electron chi connectivity index (χ2n) is 9.81. The molecule has 3 amide bonds. The molecule has 0 aliphatic carbocycles. The minimum Gasteiger partial charge on any atom is -0.493 e. The van der Waals surface area contributed by atoms with E-state index in [1.165, 1.54) is 25.3 Å². The van der Waals surface area contributed by atoms with Gasteiger partial charge in [-0.1, -0.05) is 23.7 Å². The third-order valence-electron chi connectivity index (χ3n) is 6.90. The summed E-state index contributed by atoms with van der Waals surface area (Å²) in [6.45, 7) is -0.0996. The number of amides is 3. The fraction of sp³-hybridized carbons (Fsp3) is 0.300. The number of methoxy groups -OCH3 is 1. The number of carbonyl (C=O) groups excluding carboxylic acids is 3. The monoisotopic (exact) mass is 597 g/mol. The molecule has 2 heterocycles. The number of fused-ring (bicyclic) bond motifs is 5. The number of hydrogen-bond donors (Lipinski definition) is 2. The molecule has 0 unspecified atom stereocenters. The molecule has 2 aliphatic rings. The maximum absolute atomic E-state index is 14.5. The van der Waals surface area contributed by atoms with Crippen LogP contribution in [0.15, 0.2) is 60.7 Å². The van der Waals surface area contributed by atoms with Crippen molar-refractivity contribution in [3.05, 3.63) is 82.6 Å². The molecule has 2 aliphatic heterocycles. The highest BCUT2D eigenvalue weighted by atomic mass is 35.5. The van der Waals surface area contributed by atoms with Crippen LogP contribution < -0.4 is 29.6 Å². The molecule has 1 saturated heterocycles. The lowest BCUT2D eigenvalue weighted by Crippen LogP contribution is -2.58. The molecule has 42 heavy (non-hydrogen) atoms. The van der Waals surface area contributed by atoms with Crippen molar-refractivity contribution in [2.45, 2.75) is 25.1 Å². The summed E-state index contributed by atoms with van der Waals surface area (Å²) in [6, 6.07) is 15.0. The Morgan fingerprint density at radius 1 is 1.12 bits per heavy atom. The fourth-order valence-electron chi connectivity index (χ4n) is 4.77. The van der Waals surface area contributed by atoms with Gasteiger partial charge in [0.05, 0.1) is 18.2 Å². The first-order valence-corrected chi connectivity index (χ1v) is 13.7. The van der Waals surface area contributed by atoms with Crippen molar-refractivity contribution in [1.29, 1.82) is 0 Å². The number of hydrogen-bond acceptors (Lipinski definition) is 7. The van der Waals surface area contributed by atoms with E-state index in [0.29, 0.717) is 35.1 Å². The number of nitrogens with zero attached hydrogens (tertiary/aromatic N) is 1. The Bertz CT molecular complexity index is 1490. The van der Waals surface area contributed by atoms with Gasteiger partial charge >= 0.3 is 0 Å². The van der Waals surface area contributed by atoms with Crippen LogP contribution in [0.1, 0.15) is 22.3 Å². The normalized spacial score (nSPS) is 18.9. The number of likely N-dealkylation sites (tertiary alicyclic amines) is 1. The van der Waals surface area contributed by atoms with Gasteiger partial charge < -0.3 is 34.5 Å². The molecular formula is C30H29ClFN3O7. The zero-order chi connectivity index (χ0) is 29.6. The lowest BCUT2D eigenvalue weighted by atomic mass is 10.0. The maximum Gasteiger partial charge on any atom is 0.260 e. The predicted molar refractivity (Wildman–Crippen MR) is 151 cm³/mol. The highest BCUT2D eigenvalue weighted by Gasteiger charge is 2.35. The molecule has 2 N–H and O–H groups in total. The lowest BCUT2D eigenvalue weighted by Gasteiger charge is -2.39. The van der Waals surface area contributed by atoms with E-state index in [1.54, 1.807) is 47.4 Å². The number of ether oxygens (including phenoxy) is 4. The van der Waals surface area contributed by atoms with E-state index in [9.17, 15) is 18.8 Å². The van der Waals surface area contributed by atoms with Gasteiger partial charge in [-0.2, -0.15) is 0 Å². The van der Waals surface area contributed by atoms with Crippen molar-refractivity contribution in [1.82, 2.24) is 15.5 Å². The van der Waals surface area contributed by atoms with Crippen LogP contribution in [0.3, 0.4) is 0 Å². The van der Waals surface area contributed by atoms with E-state index in [0.717, 1.165) is 0 Å². The number of benzene rings is 3. The summed E-state index contributed by atoms with van der Waals surface area (Å²) in [5.41, 5.74) is 0.727. The summed E-state index contributed by atoms with van der Waals surface area (Å²) < 4.78 is 37.3. The molecule has 1 fully saturated rings. The first-order chi connectivity index (χ1) is 20.3. The molecular weight excluding hydrogens is 569 g/mol. The Morgan fingerprint density at radius 2 is 1.95 bits per heavy atom. The summed E-state index contributed by atoms with van der Waals surface area (Å²) in [6.07, 6.45) is -0.240. The van der Waals surface area contributed by atoms with Gasteiger partial charge in [-0.05, 0) is 48.0 Å². The van der Waals surface area contributed by atoms with Gasteiger partial charge in [-0.3, -0.25) is 14.4 Å². The molecule has 12 heteroatoms. The van der Waals surface area contributed by atoms with Crippen molar-refractivity contribution >= 4 is 29.3 Å². The van der Waals surface area contributed by atoms with E-state index in [-0.39, 0.29) is 49.3 Å². The minimum absolute atomic E-state index is 0.0476. The van der Waals surface area contributed by atoms with Crippen LogP contribution in [0, 0.1) is 5.82 Å². The van der Waals surface area contributed by atoms with Crippen LogP contribution in [0.25, 0.3) is 0 Å². The van der Waals surface area contributed by atoms with Gasteiger partial charge in [-0.15, -0.1) is 0 Å². The standard InChI is InChI=1S/C30H29ClFN3O7/c1-39-26-7-6-19-12-27(26)40-16-28(36)33-14-18-10-20(32)13-21(11-18)42-25-8-9-35(15-23(25)34-30(19)38)29(37)17-41-24-5-3-2-4-22(24)31/h2-7,10-13,23,25H,8-9,14-17H2,1H3,(H,33,36)(H,34,38)/t23-,25+/m0/s1. The first-order valence-electron chi connectivity index (χ1n) is 13.3. The third kappa shape index (κ3) is 7.03. The van der Waals surface area contributed by atoms with Gasteiger partial charge in [0, 0.05) is 37.7 Å². The Morgan fingerprint density at radius 3 is 2.76 bits per heavy atom. The number of para-hydroxylation sites is 1. The van der Waals surface area contributed by atoms with Crippen molar-refractivity contribution in [3.63, 3.8) is 0 Å². The maximum atomic E-state index is 14.5. The zero-order valence-corrected chi connectivity index (χ0v) is 23.5. The van der Waals surface area contributed by atoms with Crippen LogP contribution in [0.4, 0.5) is 4.39 Å². The van der Waals surface area contributed by atoms with E-state index in [4.69, 9.17) is 30.5 Å². The van der Waals surface area contributed by atoms with E-state index in [2.05, 4.69) is 10.6 Å². The van der Waals surface area contributed by atoms with Gasteiger partial charge in [-0.25, -0.2) is 4.39 Å². The molecule has 0 spiro atoms. The van der Waals surface area contributed by atoms with Crippen molar-refractivity contribution in [2.75, 3.05) is 33.4 Å². The van der Waals surface area contributed by atoms with E-state index in [1.807, 2.05) is 0 Å². The smallest absolute Gasteiger partial charge is 0.260 e. The van der Waals surface area contributed by atoms with Crippen LogP contribution in [-0.2, 0) is 16.1 Å². The Hall–Kier alpha value is -4.51. The topological polar surface area (TPSA) is 115 Å². The van der Waals surface area contributed by atoms with Crippen LogP contribution in [0.5, 0.6) is 23.0 Å². The number of piperidine rings is 1. The second kappa shape index (κ2) is 13.0. The number of nitrogens with one attached hydrogen (secondary N) is 2. The Kier molecular flexibility index (Phi) is 8.97. The van der Waals surface area contributed by atoms with Crippen LogP contribution >= 0.6 is 11.6 Å². The van der Waals surface area contributed by atoms with Crippen molar-refractivity contribution < 1.29 is 37.7 Å². The average Bonchev–Trinajstić information content (AvgIpc) is 2.98. The van der Waals surface area contributed by atoms with Crippen molar-refractivity contribution in [3.8, 4) is 23.0 Å². The summed E-state index contributed by atoms with van der Waals surface area (Å²) in [4.78, 5) is 40.5. The third-order valence-corrected chi connectivity index (χ3v) is 7.21. The second-order valence-corrected chi connectivity index (χ2v) is 10.2. The fourth-order valence-corrected chi connectivity index (χ4v) is 4.96. The summed E-state index contributed by atoms with van der Waals surface area (Å²) >= 11 is 6.14. The van der Waals surface area contributed by atoms with Gasteiger partial charge in [0.25, 0.3) is 17.7 Å². The highest BCUT2D eigenvalue weighted by molar-refractivity contribution is 6.32. The van der Waals surface area contributed by atoms with Gasteiger partial charge in [0.15, 0.2) is 24.7 Å². The molecule has 5 rings (SSSR count). The molecule has 4 bridgehead atoms. The summed E-state index contributed by atoms with van der Waals surface area (Å²) in [5.74, 6) is -0.576. The molecule has 3 aromatic carbocycles. The first kappa shape index (κ1) is 29.0. The van der Waals surface area contributed by atoms with Gasteiger partial charge in [0.2, 0.25) is 0 Å². The Balaban J connectivity index is 1.40. The SMILES string of the molecule is COc1ccc2cc1OCC(=O)NCc1cc(F)cc(c1)O[C@@H]1CCN(C(=O)COc3ccccc3Cl)C[C@@H]1NC2=O. The molecule has 220 valence electrons. The summed E-state index contributed by atoms with van der Waals surface area (Å²) in [5, 5.41) is 6.03. The highest BCUT2D eigenvalue weighted by Crippen LogP contribution is 2.29. The zero-order valence-electron chi connectivity index (χ0n) is 22.7. The minimum atomic E-state index is -0.652. The molecule has 3 aromatic rings. The Labute approximate surface area is 246 Å². The predicted octanol–water partition coefficient (Wildman–Crippen LogP) is 3.35. The quantitative estimate of drug-likeness (QED) is 0.474. The largest absolute Gasteiger partial charge is 0.493 e. The number of rotatable bonds is 4.